The summed E-state index contributed by atoms with van der Waals surface area (Å²) in [7, 11) is 5.10. The van der Waals surface area contributed by atoms with Crippen LogP contribution < -0.4 is 4.90 Å². The van der Waals surface area contributed by atoms with Gasteiger partial charge in [-0.1, -0.05) is 36.4 Å². The van der Waals surface area contributed by atoms with Crippen LogP contribution in [0.15, 0.2) is 71.7 Å². The number of aromatic amines is 1. The monoisotopic (exact) mass is 532 g/mol. The zero-order chi connectivity index (χ0) is 26.1. The molecule has 2 heterocycles. The number of anilines is 1. The summed E-state index contributed by atoms with van der Waals surface area (Å²) < 4.78 is 4.83. The Kier molecular flexibility index (Phi) is 7.85. The molecule has 1 aliphatic rings. The predicted molar refractivity (Wildman–Crippen MR) is 151 cm³/mol. The van der Waals surface area contributed by atoms with Crippen LogP contribution in [0.2, 0.25) is 0 Å². The van der Waals surface area contributed by atoms with Crippen molar-refractivity contribution in [1.29, 1.82) is 0 Å². The lowest BCUT2D eigenvalue weighted by atomic mass is 10.00. The Hall–Kier alpha value is -4.14. The molecule has 0 spiro atoms. The van der Waals surface area contributed by atoms with Crippen LogP contribution in [0.5, 0.6) is 5.88 Å². The summed E-state index contributed by atoms with van der Waals surface area (Å²) in [6.07, 6.45) is 0.757. The van der Waals surface area contributed by atoms with Gasteiger partial charge in [0.25, 0.3) is 0 Å². The summed E-state index contributed by atoms with van der Waals surface area (Å²) in [6, 6.07) is 20.6. The van der Waals surface area contributed by atoms with Crippen LogP contribution >= 0.6 is 12.4 Å². The Morgan fingerprint density at radius 3 is 2.53 bits per heavy atom. The molecule has 9 heteroatoms. The van der Waals surface area contributed by atoms with E-state index in [0.717, 1.165) is 34.3 Å². The number of methoxy groups -OCH3 is 1. The number of nitrogens with zero attached hydrogens (tertiary/aromatic N) is 3. The topological polar surface area (TPSA) is 98.2 Å². The molecule has 0 saturated carbocycles. The van der Waals surface area contributed by atoms with Crippen LogP contribution in [0.4, 0.5) is 11.4 Å². The van der Waals surface area contributed by atoms with E-state index in [1.165, 1.54) is 7.11 Å². The van der Waals surface area contributed by atoms with Crippen LogP contribution in [0.25, 0.3) is 10.9 Å². The number of likely N-dealkylation sites (N-methyl/N-ethyl adjacent to an activating group) is 1. The van der Waals surface area contributed by atoms with Crippen molar-refractivity contribution in [3.05, 3.63) is 89.0 Å². The number of nitrogens with one attached hydrogen (secondary N) is 1. The van der Waals surface area contributed by atoms with Crippen LogP contribution in [0, 0.1) is 0 Å². The largest absolute Gasteiger partial charge is 0.494 e. The second-order valence-electron chi connectivity index (χ2n) is 9.27. The maximum absolute atomic E-state index is 12.7. The number of ether oxygens (including phenoxy) is 1. The van der Waals surface area contributed by atoms with E-state index in [4.69, 9.17) is 9.73 Å². The lowest BCUT2D eigenvalue weighted by Crippen LogP contribution is -2.36. The van der Waals surface area contributed by atoms with E-state index in [9.17, 15) is 14.7 Å². The number of carbonyl (C=O) groups is 2. The zero-order valence-corrected chi connectivity index (χ0v) is 22.2. The normalized spacial score (nSPS) is 12.9. The molecule has 0 saturated heterocycles. The highest BCUT2D eigenvalue weighted by Gasteiger charge is 2.25. The van der Waals surface area contributed by atoms with Crippen LogP contribution in [-0.2, 0) is 16.0 Å². The predicted octanol–water partition coefficient (Wildman–Crippen LogP) is 4.70. The first-order chi connectivity index (χ1) is 17.9. The smallest absolute Gasteiger partial charge is 0.337 e. The van der Waals surface area contributed by atoms with Crippen molar-refractivity contribution in [2.45, 2.75) is 6.42 Å². The molecule has 5 rings (SSSR count). The average molecular weight is 533 g/mol. The van der Waals surface area contributed by atoms with Gasteiger partial charge < -0.3 is 24.6 Å². The van der Waals surface area contributed by atoms with Gasteiger partial charge in [-0.3, -0.25) is 4.79 Å². The second-order valence-corrected chi connectivity index (χ2v) is 9.27. The Morgan fingerprint density at radius 1 is 1.05 bits per heavy atom. The third-order valence-electron chi connectivity index (χ3n) is 6.44. The van der Waals surface area contributed by atoms with Gasteiger partial charge in [0.1, 0.15) is 0 Å². The molecule has 196 valence electrons. The molecular formula is C29H29ClN4O4. The first kappa shape index (κ1) is 26.9. The van der Waals surface area contributed by atoms with Gasteiger partial charge in [-0.05, 0) is 56.4 Å². The maximum Gasteiger partial charge on any atom is 0.337 e. The number of rotatable bonds is 6. The molecule has 38 heavy (non-hydrogen) atoms. The van der Waals surface area contributed by atoms with E-state index >= 15 is 0 Å². The molecular weight excluding hydrogens is 504 g/mol. The summed E-state index contributed by atoms with van der Waals surface area (Å²) in [5.41, 5.74) is 5.65. The van der Waals surface area contributed by atoms with E-state index in [1.54, 1.807) is 18.2 Å². The highest BCUT2D eigenvalue weighted by molar-refractivity contribution is 6.22. The summed E-state index contributed by atoms with van der Waals surface area (Å²) in [4.78, 5) is 36.3. The molecule has 4 aromatic rings. The van der Waals surface area contributed by atoms with Crippen molar-refractivity contribution in [1.82, 2.24) is 9.88 Å². The Balaban J connectivity index is 0.00000336. The van der Waals surface area contributed by atoms with Gasteiger partial charge in [-0.15, -0.1) is 12.4 Å². The van der Waals surface area contributed by atoms with Crippen molar-refractivity contribution >= 4 is 52.3 Å². The molecule has 8 nitrogen and oxygen atoms in total. The minimum absolute atomic E-state index is 0. The van der Waals surface area contributed by atoms with E-state index < -0.39 is 5.97 Å². The Morgan fingerprint density at radius 2 is 1.82 bits per heavy atom. The lowest BCUT2D eigenvalue weighted by Gasteiger charge is -2.19. The molecule has 1 amide bonds. The van der Waals surface area contributed by atoms with E-state index in [1.807, 2.05) is 72.4 Å². The molecule has 1 aliphatic heterocycles. The van der Waals surface area contributed by atoms with Crippen molar-refractivity contribution in [3.63, 3.8) is 0 Å². The minimum atomic E-state index is -0.453. The van der Waals surface area contributed by atoms with Gasteiger partial charge in [0.05, 0.1) is 36.2 Å². The fraction of sp³-hybridized carbons (Fsp3) is 0.207. The number of hydrogen-bond donors (Lipinski definition) is 2. The van der Waals surface area contributed by atoms with E-state index in [0.29, 0.717) is 35.4 Å². The quantitative estimate of drug-likeness (QED) is 0.277. The Bertz CT molecular complexity index is 1530. The average Bonchev–Trinajstić information content (AvgIpc) is 3.46. The molecule has 0 atom stereocenters. The number of esters is 1. The number of hydrogen-bond acceptors (Lipinski definition) is 6. The van der Waals surface area contributed by atoms with Gasteiger partial charge in [-0.25, -0.2) is 9.79 Å². The molecule has 0 fully saturated rings. The van der Waals surface area contributed by atoms with Crippen LogP contribution in [0.1, 0.15) is 27.0 Å². The van der Waals surface area contributed by atoms with Gasteiger partial charge in [0, 0.05) is 28.7 Å². The molecule has 0 radical (unpaired) electrons. The summed E-state index contributed by atoms with van der Waals surface area (Å²) in [5.74, 6) is -0.424. The first-order valence-corrected chi connectivity index (χ1v) is 12.0. The number of carbonyl (C=O) groups excluding carboxylic acids is 2. The van der Waals surface area contributed by atoms with Crippen molar-refractivity contribution < 1.29 is 19.4 Å². The Labute approximate surface area is 227 Å². The number of amides is 1. The fourth-order valence-electron chi connectivity index (χ4n) is 4.73. The first-order valence-electron chi connectivity index (χ1n) is 12.0. The number of aliphatic imine (C=N–C) groups is 1. The molecule has 1 aromatic heterocycles. The zero-order valence-electron chi connectivity index (χ0n) is 21.4. The summed E-state index contributed by atoms with van der Waals surface area (Å²) in [6.45, 7) is 1.00. The van der Waals surface area contributed by atoms with Crippen LogP contribution in [0.3, 0.4) is 0 Å². The van der Waals surface area contributed by atoms with Crippen molar-refractivity contribution in [3.8, 4) is 5.88 Å². The number of aromatic nitrogens is 1. The highest BCUT2D eigenvalue weighted by Crippen LogP contribution is 2.35. The van der Waals surface area contributed by atoms with Gasteiger partial charge in [0.2, 0.25) is 5.91 Å². The van der Waals surface area contributed by atoms with Gasteiger partial charge in [0.15, 0.2) is 5.88 Å². The van der Waals surface area contributed by atoms with E-state index in [2.05, 4.69) is 4.98 Å². The standard InChI is InChI=1S/C29H28N4O4.ClH/c1-32(2)17-25(34)33-14-13-19-15-21(10-12-24(19)33)30-27(18-7-5-4-6-8-18)26-22-11-9-20(29(36)37-3)16-23(22)31-28(26)35;/h4-12,15-16,31,35H,13-14,17H2,1-3H3;1H. The second kappa shape index (κ2) is 11.1. The number of H-pyrrole nitrogens is 1. The summed E-state index contributed by atoms with van der Waals surface area (Å²) in [5, 5.41) is 11.7. The van der Waals surface area contributed by atoms with Crippen molar-refractivity contribution in [2.75, 3.05) is 39.2 Å². The molecule has 2 N–H and O–H groups in total. The SMILES string of the molecule is COC(=O)c1ccc2c(C(=Nc3ccc4c(c3)CCN4C(=O)CN(C)C)c3ccccc3)c(O)[nH]c2c1.Cl. The number of fused-ring (bicyclic) bond motifs is 2. The lowest BCUT2D eigenvalue weighted by molar-refractivity contribution is -0.119. The van der Waals surface area contributed by atoms with Crippen LogP contribution in [-0.4, -0.2) is 66.9 Å². The summed E-state index contributed by atoms with van der Waals surface area (Å²) >= 11 is 0. The molecule has 0 unspecified atom stereocenters. The van der Waals surface area contributed by atoms with Gasteiger partial charge >= 0.3 is 5.97 Å². The number of halogens is 1. The van der Waals surface area contributed by atoms with E-state index in [-0.39, 0.29) is 24.2 Å². The third-order valence-corrected chi connectivity index (χ3v) is 6.44. The third kappa shape index (κ3) is 5.14. The number of aromatic hydroxyl groups is 1. The maximum atomic E-state index is 12.7. The fourth-order valence-corrected chi connectivity index (χ4v) is 4.73. The van der Waals surface area contributed by atoms with Crippen molar-refractivity contribution in [2.24, 2.45) is 4.99 Å². The van der Waals surface area contributed by atoms with Gasteiger partial charge in [-0.2, -0.15) is 0 Å². The molecule has 0 aliphatic carbocycles. The molecule has 3 aromatic carbocycles. The number of benzene rings is 3. The molecule has 0 bridgehead atoms. The minimum Gasteiger partial charge on any atom is -0.494 e. The highest BCUT2D eigenvalue weighted by atomic mass is 35.5.